The number of carboxylic acids is 2. The van der Waals surface area contributed by atoms with Crippen molar-refractivity contribution in [3.63, 3.8) is 0 Å². The average Bonchev–Trinajstić information content (AvgIpc) is 3.33. The molecule has 2 heterocycles. The Balaban J connectivity index is 0.000000371. The van der Waals surface area contributed by atoms with Gasteiger partial charge in [-0.25, -0.2) is 9.59 Å². The Labute approximate surface area is 210 Å². The van der Waals surface area contributed by atoms with Gasteiger partial charge in [0.1, 0.15) is 5.75 Å². The number of benzene rings is 1. The highest BCUT2D eigenvalue weighted by atomic mass is 35.5. The van der Waals surface area contributed by atoms with Crippen LogP contribution in [0.25, 0.3) is 0 Å². The molecule has 3 N–H and O–H groups in total. The standard InChI is InChI=1S/C22H29ClN2O2.C4H4O4/c1-15(20-10-5-11-25(20)18-8-3-2-4-9-18)24-22(26)19-14-17(23)13-16-7-6-12-27-21(16)19;5-3(6)1-2-4(7)8/h8,13-15,20H,2-7,9-12H2,1H3,(H,24,26);1-2H,(H,5,6)(H,7,8)/b;2-1+. The van der Waals surface area contributed by atoms with E-state index < -0.39 is 11.9 Å². The molecule has 4 rings (SSSR count). The van der Waals surface area contributed by atoms with Gasteiger partial charge in [0.05, 0.1) is 12.2 Å². The van der Waals surface area contributed by atoms with Crippen LogP contribution in [0.4, 0.5) is 0 Å². The van der Waals surface area contributed by atoms with Crippen molar-refractivity contribution in [2.24, 2.45) is 0 Å². The predicted octanol–water partition coefficient (Wildman–Crippen LogP) is 4.42. The second-order valence-electron chi connectivity index (χ2n) is 9.01. The SMILES string of the molecule is CC(NC(=O)c1cc(Cl)cc2c1OCCC2)C1CCCN1C1=CCCCC1.O=C(O)/C=C/C(=O)O. The zero-order valence-electron chi connectivity index (χ0n) is 20.0. The van der Waals surface area contributed by atoms with E-state index in [0.717, 1.165) is 31.4 Å². The smallest absolute Gasteiger partial charge is 0.328 e. The molecule has 3 aliphatic rings. The van der Waals surface area contributed by atoms with E-state index in [0.29, 0.717) is 41.1 Å². The van der Waals surface area contributed by atoms with E-state index in [1.807, 2.05) is 6.07 Å². The van der Waals surface area contributed by atoms with Crippen LogP contribution in [-0.4, -0.2) is 58.2 Å². The lowest BCUT2D eigenvalue weighted by Gasteiger charge is -2.35. The van der Waals surface area contributed by atoms with Gasteiger partial charge in [-0.2, -0.15) is 0 Å². The molecule has 35 heavy (non-hydrogen) atoms. The quantitative estimate of drug-likeness (QED) is 0.491. The number of aryl methyl sites for hydroxylation is 1. The highest BCUT2D eigenvalue weighted by Gasteiger charge is 2.32. The topological polar surface area (TPSA) is 116 Å². The number of rotatable bonds is 6. The first-order chi connectivity index (χ1) is 16.8. The van der Waals surface area contributed by atoms with Gasteiger partial charge in [0.25, 0.3) is 5.91 Å². The number of allylic oxidation sites excluding steroid dienone is 2. The third kappa shape index (κ3) is 7.49. The highest BCUT2D eigenvalue weighted by Crippen LogP contribution is 2.33. The van der Waals surface area contributed by atoms with Gasteiger partial charge in [-0.15, -0.1) is 0 Å². The molecule has 190 valence electrons. The van der Waals surface area contributed by atoms with Gasteiger partial charge in [-0.05, 0) is 76.0 Å². The molecule has 2 aliphatic heterocycles. The summed E-state index contributed by atoms with van der Waals surface area (Å²) in [6.45, 7) is 3.89. The summed E-state index contributed by atoms with van der Waals surface area (Å²) in [5, 5.41) is 19.5. The number of halogens is 1. The first-order valence-corrected chi connectivity index (χ1v) is 12.5. The maximum absolute atomic E-state index is 13.0. The summed E-state index contributed by atoms with van der Waals surface area (Å²) in [5.41, 5.74) is 3.10. The second-order valence-corrected chi connectivity index (χ2v) is 9.45. The van der Waals surface area contributed by atoms with Gasteiger partial charge in [-0.1, -0.05) is 17.7 Å². The molecule has 1 fully saturated rings. The van der Waals surface area contributed by atoms with Gasteiger partial charge in [0.15, 0.2) is 0 Å². The lowest BCUT2D eigenvalue weighted by atomic mass is 10.00. The molecule has 8 nitrogen and oxygen atoms in total. The van der Waals surface area contributed by atoms with Crippen molar-refractivity contribution in [1.82, 2.24) is 10.2 Å². The molecule has 0 aromatic heterocycles. The zero-order valence-corrected chi connectivity index (χ0v) is 20.7. The van der Waals surface area contributed by atoms with Crippen LogP contribution in [0.5, 0.6) is 5.75 Å². The molecular weight excluding hydrogens is 472 g/mol. The van der Waals surface area contributed by atoms with Crippen LogP contribution < -0.4 is 10.1 Å². The number of carbonyl (C=O) groups is 3. The van der Waals surface area contributed by atoms with Crippen LogP contribution in [0.2, 0.25) is 5.02 Å². The summed E-state index contributed by atoms with van der Waals surface area (Å²) in [5.74, 6) is -1.87. The molecular formula is C26H33ClN2O6. The zero-order chi connectivity index (χ0) is 25.4. The molecule has 0 saturated carbocycles. The second kappa shape index (κ2) is 12.6. The maximum atomic E-state index is 13.0. The first kappa shape index (κ1) is 26.6. The molecule has 1 amide bonds. The number of aliphatic carboxylic acids is 2. The van der Waals surface area contributed by atoms with Crippen molar-refractivity contribution < 1.29 is 29.3 Å². The summed E-state index contributed by atoms with van der Waals surface area (Å²) in [6.07, 6.45) is 12.7. The van der Waals surface area contributed by atoms with E-state index in [4.69, 9.17) is 26.6 Å². The highest BCUT2D eigenvalue weighted by molar-refractivity contribution is 6.31. The minimum atomic E-state index is -1.26. The van der Waals surface area contributed by atoms with Crippen molar-refractivity contribution in [1.29, 1.82) is 0 Å². The molecule has 0 bridgehead atoms. The molecule has 9 heteroatoms. The van der Waals surface area contributed by atoms with E-state index in [2.05, 4.69) is 23.2 Å². The van der Waals surface area contributed by atoms with Crippen molar-refractivity contribution in [2.75, 3.05) is 13.2 Å². The number of amides is 1. The number of carboxylic acid groups (broad SMARTS) is 2. The van der Waals surface area contributed by atoms with Crippen LogP contribution in [0.15, 0.2) is 36.1 Å². The molecule has 2 unspecified atom stereocenters. The number of hydrogen-bond donors (Lipinski definition) is 3. The molecule has 0 radical (unpaired) electrons. The number of fused-ring (bicyclic) bond motifs is 1. The van der Waals surface area contributed by atoms with Gasteiger partial charge >= 0.3 is 11.9 Å². The summed E-state index contributed by atoms with van der Waals surface area (Å²) < 4.78 is 5.82. The third-order valence-electron chi connectivity index (χ3n) is 6.45. The van der Waals surface area contributed by atoms with Crippen LogP contribution in [0, 0.1) is 0 Å². The van der Waals surface area contributed by atoms with Gasteiger partial charge in [0.2, 0.25) is 0 Å². The summed E-state index contributed by atoms with van der Waals surface area (Å²) in [6, 6.07) is 4.12. The molecule has 2 atom stereocenters. The minimum absolute atomic E-state index is 0.0763. The van der Waals surface area contributed by atoms with Gasteiger partial charge in [-0.3, -0.25) is 4.79 Å². The van der Waals surface area contributed by atoms with Crippen LogP contribution in [-0.2, 0) is 16.0 Å². The number of likely N-dealkylation sites (tertiary alicyclic amines) is 1. The van der Waals surface area contributed by atoms with Crippen molar-refractivity contribution in [2.45, 2.75) is 70.4 Å². The summed E-state index contributed by atoms with van der Waals surface area (Å²) >= 11 is 6.26. The van der Waals surface area contributed by atoms with E-state index >= 15 is 0 Å². The van der Waals surface area contributed by atoms with E-state index in [1.165, 1.54) is 37.8 Å². The molecule has 1 saturated heterocycles. The van der Waals surface area contributed by atoms with E-state index in [9.17, 15) is 14.4 Å². The molecule has 0 spiro atoms. The van der Waals surface area contributed by atoms with Crippen molar-refractivity contribution in [3.8, 4) is 5.75 Å². The Hall–Kier alpha value is -3.00. The average molecular weight is 505 g/mol. The Morgan fingerprint density at radius 3 is 2.51 bits per heavy atom. The maximum Gasteiger partial charge on any atom is 0.328 e. The molecule has 1 aromatic carbocycles. The van der Waals surface area contributed by atoms with Gasteiger partial charge < -0.3 is 25.2 Å². The number of nitrogens with zero attached hydrogens (tertiary/aromatic N) is 1. The Morgan fingerprint density at radius 1 is 1.11 bits per heavy atom. The fraction of sp³-hybridized carbons (Fsp3) is 0.500. The fourth-order valence-electron chi connectivity index (χ4n) is 4.89. The van der Waals surface area contributed by atoms with E-state index in [1.54, 1.807) is 6.07 Å². The lowest BCUT2D eigenvalue weighted by Crippen LogP contribution is -2.47. The van der Waals surface area contributed by atoms with Crippen LogP contribution in [0.1, 0.15) is 67.8 Å². The van der Waals surface area contributed by atoms with Crippen molar-refractivity contribution in [3.05, 3.63) is 52.2 Å². The van der Waals surface area contributed by atoms with Crippen LogP contribution >= 0.6 is 11.6 Å². The fourth-order valence-corrected chi connectivity index (χ4v) is 5.13. The van der Waals surface area contributed by atoms with E-state index in [-0.39, 0.29) is 11.9 Å². The molecule has 1 aliphatic carbocycles. The monoisotopic (exact) mass is 504 g/mol. The largest absolute Gasteiger partial charge is 0.492 e. The first-order valence-electron chi connectivity index (χ1n) is 12.1. The minimum Gasteiger partial charge on any atom is -0.492 e. The number of ether oxygens (including phenoxy) is 1. The lowest BCUT2D eigenvalue weighted by molar-refractivity contribution is -0.134. The summed E-state index contributed by atoms with van der Waals surface area (Å²) in [7, 11) is 0. The Bertz CT molecular complexity index is 990. The number of carbonyl (C=O) groups excluding carboxylic acids is 1. The van der Waals surface area contributed by atoms with Gasteiger partial charge in [0, 0.05) is 41.5 Å². The normalized spacial score (nSPS) is 20.1. The predicted molar refractivity (Wildman–Crippen MR) is 133 cm³/mol. The Morgan fingerprint density at radius 2 is 1.86 bits per heavy atom. The molecule has 1 aromatic rings. The number of hydrogen-bond acceptors (Lipinski definition) is 5. The number of nitrogens with one attached hydrogen (secondary N) is 1. The van der Waals surface area contributed by atoms with Crippen molar-refractivity contribution >= 4 is 29.4 Å². The summed E-state index contributed by atoms with van der Waals surface area (Å²) in [4.78, 5) is 34.7. The third-order valence-corrected chi connectivity index (χ3v) is 6.67. The van der Waals surface area contributed by atoms with Crippen LogP contribution in [0.3, 0.4) is 0 Å². The Kier molecular flexibility index (Phi) is 9.60.